The lowest BCUT2D eigenvalue weighted by Crippen LogP contribution is -2.28. The van der Waals surface area contributed by atoms with E-state index in [1.54, 1.807) is 24.3 Å². The highest BCUT2D eigenvalue weighted by atomic mass is 32.2. The summed E-state index contributed by atoms with van der Waals surface area (Å²) in [4.78, 5) is 25.0. The van der Waals surface area contributed by atoms with E-state index >= 15 is 0 Å². The largest absolute Gasteiger partial charge is 0.341 e. The smallest absolute Gasteiger partial charge is 0.319 e. The lowest BCUT2D eigenvalue weighted by Gasteiger charge is -2.13. The Morgan fingerprint density at radius 2 is 1.71 bits per heavy atom. The predicted octanol–water partition coefficient (Wildman–Crippen LogP) is 3.84. The number of halogens is 2. The van der Waals surface area contributed by atoms with Crippen LogP contribution in [0.5, 0.6) is 0 Å². The molecule has 164 valence electrons. The normalized spacial score (nSPS) is 11.7. The van der Waals surface area contributed by atoms with Crippen LogP contribution in [0.2, 0.25) is 0 Å². The third-order valence-corrected chi connectivity index (χ3v) is 6.17. The molecule has 0 aliphatic heterocycles. The summed E-state index contributed by atoms with van der Waals surface area (Å²) in [5.41, 5.74) is -0.734. The van der Waals surface area contributed by atoms with Gasteiger partial charge in [0, 0.05) is 11.9 Å². The highest BCUT2D eigenvalue weighted by molar-refractivity contribution is 7.91. The maximum atomic E-state index is 13.0. The average molecular weight is 449 g/mol. The molecule has 0 radical (unpaired) electrons. The van der Waals surface area contributed by atoms with Crippen molar-refractivity contribution in [3.63, 3.8) is 0 Å². The number of alkyl halides is 2. The Balaban J connectivity index is 2.06. The molecule has 1 N–H and O–H groups in total. The summed E-state index contributed by atoms with van der Waals surface area (Å²) in [6, 6.07) is 11.3. The molecule has 1 amide bonds. The van der Waals surface area contributed by atoms with Crippen LogP contribution >= 0.6 is 0 Å². The van der Waals surface area contributed by atoms with E-state index in [0.717, 1.165) is 18.9 Å². The van der Waals surface area contributed by atoms with Crippen LogP contribution in [0.4, 0.5) is 14.5 Å². The maximum Gasteiger partial charge on any atom is 0.341 e. The topological polar surface area (TPSA) is 98.1 Å². The SMILES string of the molecule is CCCCCn1nc(C(=O)Nc2ccccc2S(=O)(=O)C(F)F)c2ccccc2c1=O. The molecule has 31 heavy (non-hydrogen) atoms. The molecule has 1 aromatic heterocycles. The Bertz CT molecular complexity index is 1270. The summed E-state index contributed by atoms with van der Waals surface area (Å²) < 4.78 is 51.2. The van der Waals surface area contributed by atoms with Crippen LogP contribution in [0, 0.1) is 0 Å². The predicted molar refractivity (Wildman–Crippen MR) is 113 cm³/mol. The van der Waals surface area contributed by atoms with Gasteiger partial charge in [-0.15, -0.1) is 0 Å². The Kier molecular flexibility index (Phi) is 6.79. The summed E-state index contributed by atoms with van der Waals surface area (Å²) >= 11 is 0. The van der Waals surface area contributed by atoms with Crippen LogP contribution in [-0.2, 0) is 16.4 Å². The molecule has 3 aromatic rings. The zero-order valence-electron chi connectivity index (χ0n) is 16.7. The van der Waals surface area contributed by atoms with Crippen molar-refractivity contribution in [2.45, 2.75) is 43.4 Å². The number of carbonyl (C=O) groups excluding carboxylic acids is 1. The molecular weight excluding hydrogens is 428 g/mol. The van der Waals surface area contributed by atoms with Gasteiger partial charge in [0.2, 0.25) is 9.84 Å². The van der Waals surface area contributed by atoms with Gasteiger partial charge in [-0.25, -0.2) is 13.1 Å². The number of hydrogen-bond donors (Lipinski definition) is 1. The summed E-state index contributed by atoms with van der Waals surface area (Å²) in [5, 5.41) is 7.12. The number of unbranched alkanes of at least 4 members (excludes halogenated alkanes) is 2. The van der Waals surface area contributed by atoms with Crippen molar-refractivity contribution in [3.8, 4) is 0 Å². The van der Waals surface area contributed by atoms with Crippen molar-refractivity contribution >= 4 is 32.2 Å². The number of nitrogens with zero attached hydrogens (tertiary/aromatic N) is 2. The van der Waals surface area contributed by atoms with Crippen molar-refractivity contribution in [3.05, 3.63) is 64.6 Å². The lowest BCUT2D eigenvalue weighted by atomic mass is 10.1. The number of aromatic nitrogens is 2. The number of aryl methyl sites for hydroxylation is 1. The molecule has 0 unspecified atom stereocenters. The Hall–Kier alpha value is -3.14. The van der Waals surface area contributed by atoms with E-state index in [9.17, 15) is 26.8 Å². The first-order valence-electron chi connectivity index (χ1n) is 9.69. The number of sulfone groups is 1. The highest BCUT2D eigenvalue weighted by Crippen LogP contribution is 2.27. The lowest BCUT2D eigenvalue weighted by molar-refractivity contribution is 0.102. The third kappa shape index (κ3) is 4.63. The molecule has 10 heteroatoms. The number of rotatable bonds is 8. The molecule has 0 saturated heterocycles. The molecule has 0 spiro atoms. The number of carbonyl (C=O) groups is 1. The van der Waals surface area contributed by atoms with Crippen LogP contribution < -0.4 is 10.9 Å². The standard InChI is InChI=1S/C21H21F2N3O4S/c1-2-3-8-13-26-20(28)15-10-5-4-9-14(15)18(25-26)19(27)24-16-11-6-7-12-17(16)31(29,30)21(22)23/h4-7,9-12,21H,2-3,8,13H2,1H3,(H,24,27). The molecule has 0 bridgehead atoms. The molecule has 2 aromatic carbocycles. The minimum absolute atomic E-state index is 0.101. The Morgan fingerprint density at radius 3 is 2.39 bits per heavy atom. The number of nitrogens with one attached hydrogen (secondary N) is 1. The Labute approximate surface area is 177 Å². The van der Waals surface area contributed by atoms with E-state index in [0.29, 0.717) is 13.0 Å². The van der Waals surface area contributed by atoms with E-state index in [2.05, 4.69) is 10.4 Å². The first-order valence-corrected chi connectivity index (χ1v) is 11.2. The molecule has 0 aliphatic rings. The van der Waals surface area contributed by atoms with Gasteiger partial charge in [0.15, 0.2) is 5.69 Å². The van der Waals surface area contributed by atoms with Crippen LogP contribution in [0.15, 0.2) is 58.2 Å². The van der Waals surface area contributed by atoms with Crippen molar-refractivity contribution in [1.82, 2.24) is 9.78 Å². The number of anilines is 1. The van der Waals surface area contributed by atoms with Crippen molar-refractivity contribution in [2.24, 2.45) is 0 Å². The van der Waals surface area contributed by atoms with Gasteiger partial charge in [0.1, 0.15) is 0 Å². The summed E-state index contributed by atoms with van der Waals surface area (Å²) in [6.45, 7) is 2.33. The van der Waals surface area contributed by atoms with E-state index in [4.69, 9.17) is 0 Å². The molecule has 0 atom stereocenters. The first kappa shape index (κ1) is 22.5. The monoisotopic (exact) mass is 449 g/mol. The number of fused-ring (bicyclic) bond motifs is 1. The maximum absolute atomic E-state index is 13.0. The van der Waals surface area contributed by atoms with Crippen LogP contribution in [0.25, 0.3) is 10.8 Å². The first-order chi connectivity index (χ1) is 14.8. The molecule has 1 heterocycles. The number of para-hydroxylation sites is 1. The second-order valence-electron chi connectivity index (χ2n) is 6.89. The van der Waals surface area contributed by atoms with Gasteiger partial charge in [0.25, 0.3) is 11.5 Å². The highest BCUT2D eigenvalue weighted by Gasteiger charge is 2.30. The van der Waals surface area contributed by atoms with Gasteiger partial charge < -0.3 is 5.32 Å². The van der Waals surface area contributed by atoms with Crippen LogP contribution in [0.1, 0.15) is 36.7 Å². The molecule has 0 aliphatic carbocycles. The fraction of sp³-hybridized carbons (Fsp3) is 0.286. The molecule has 0 fully saturated rings. The minimum atomic E-state index is -4.93. The average Bonchev–Trinajstić information content (AvgIpc) is 2.75. The van der Waals surface area contributed by atoms with Crippen molar-refractivity contribution in [1.29, 1.82) is 0 Å². The van der Waals surface area contributed by atoms with Crippen LogP contribution in [-0.4, -0.2) is 29.9 Å². The van der Waals surface area contributed by atoms with E-state index in [1.165, 1.54) is 22.9 Å². The van der Waals surface area contributed by atoms with Gasteiger partial charge in [0.05, 0.1) is 16.0 Å². The molecular formula is C21H21F2N3O4S. The fourth-order valence-electron chi connectivity index (χ4n) is 3.16. The van der Waals surface area contributed by atoms with Crippen LogP contribution in [0.3, 0.4) is 0 Å². The van der Waals surface area contributed by atoms with Gasteiger partial charge in [-0.1, -0.05) is 50.1 Å². The fourth-order valence-corrected chi connectivity index (χ4v) is 4.05. The third-order valence-electron chi connectivity index (χ3n) is 4.73. The van der Waals surface area contributed by atoms with E-state index in [1.807, 2.05) is 6.92 Å². The van der Waals surface area contributed by atoms with Gasteiger partial charge >= 0.3 is 5.76 Å². The second-order valence-corrected chi connectivity index (χ2v) is 8.77. The van der Waals surface area contributed by atoms with Gasteiger partial charge in [-0.3, -0.25) is 9.59 Å². The van der Waals surface area contributed by atoms with E-state index < -0.39 is 26.4 Å². The number of amides is 1. The second kappa shape index (κ2) is 9.34. The zero-order chi connectivity index (χ0) is 22.6. The Morgan fingerprint density at radius 1 is 1.06 bits per heavy atom. The summed E-state index contributed by atoms with van der Waals surface area (Å²) in [6.07, 6.45) is 2.50. The van der Waals surface area contributed by atoms with E-state index in [-0.39, 0.29) is 27.7 Å². The minimum Gasteiger partial charge on any atom is -0.319 e. The number of benzene rings is 2. The van der Waals surface area contributed by atoms with Crippen molar-refractivity contribution < 1.29 is 22.0 Å². The van der Waals surface area contributed by atoms with Crippen molar-refractivity contribution in [2.75, 3.05) is 5.32 Å². The molecule has 7 nitrogen and oxygen atoms in total. The quantitative estimate of drug-likeness (QED) is 0.527. The molecule has 0 saturated carbocycles. The van der Waals surface area contributed by atoms with Gasteiger partial charge in [-0.2, -0.15) is 13.9 Å². The molecule has 3 rings (SSSR count). The summed E-state index contributed by atoms with van der Waals surface area (Å²) in [5.74, 6) is -4.44. The zero-order valence-corrected chi connectivity index (χ0v) is 17.5. The summed E-state index contributed by atoms with van der Waals surface area (Å²) in [7, 11) is -4.93. The number of hydrogen-bond acceptors (Lipinski definition) is 5. The van der Waals surface area contributed by atoms with Gasteiger partial charge in [-0.05, 0) is 24.6 Å².